The molecule has 5 aliphatic rings. The first-order valence-corrected chi connectivity index (χ1v) is 16.7. The molecule has 0 bridgehead atoms. The Labute approximate surface area is 248 Å². The van der Waals surface area contributed by atoms with Crippen LogP contribution >= 0.6 is 0 Å². The summed E-state index contributed by atoms with van der Waals surface area (Å²) in [5, 5.41) is 21.0. The molecule has 0 radical (unpaired) electrons. The van der Waals surface area contributed by atoms with E-state index in [0.717, 1.165) is 57.8 Å². The van der Waals surface area contributed by atoms with Gasteiger partial charge in [0.15, 0.2) is 0 Å². The lowest BCUT2D eigenvalue weighted by Gasteiger charge is -2.70. The van der Waals surface area contributed by atoms with E-state index < -0.39 is 5.97 Å². The molecular weight excluding hydrogens is 516 g/mol. The van der Waals surface area contributed by atoms with Gasteiger partial charge in [-0.3, -0.25) is 9.59 Å². The minimum atomic E-state index is -0.875. The van der Waals surface area contributed by atoms with Gasteiger partial charge in [-0.2, -0.15) is 0 Å². The molecule has 0 aromatic carbocycles. The monoisotopic (exact) mass is 574 g/mol. The van der Waals surface area contributed by atoms with Gasteiger partial charge in [0.25, 0.3) is 0 Å². The van der Waals surface area contributed by atoms with E-state index >= 15 is 0 Å². The summed E-state index contributed by atoms with van der Waals surface area (Å²) in [5.41, 5.74) is -0.166. The summed E-state index contributed by atoms with van der Waals surface area (Å²) in [6, 6.07) is 0. The van der Waals surface area contributed by atoms with Gasteiger partial charge in [0, 0.05) is 18.3 Å². The maximum absolute atomic E-state index is 12.7. The number of aliphatic carboxylic acids is 1. The molecule has 0 spiro atoms. The van der Waals surface area contributed by atoms with E-state index in [1.807, 2.05) is 0 Å². The minimum Gasteiger partial charge on any atom is -0.481 e. The number of hydrogen-bond acceptors (Lipinski definition) is 5. The molecule has 4 aliphatic carbocycles. The van der Waals surface area contributed by atoms with Crippen molar-refractivity contribution >= 4 is 11.9 Å². The summed E-state index contributed by atoms with van der Waals surface area (Å²) in [5.74, 6) is 0.336. The highest BCUT2D eigenvalue weighted by atomic mass is 16.5. The van der Waals surface area contributed by atoms with Gasteiger partial charge in [-0.25, -0.2) is 0 Å². The van der Waals surface area contributed by atoms with Gasteiger partial charge in [0.05, 0.1) is 17.3 Å². The zero-order chi connectivity index (χ0) is 30.2. The lowest BCUT2D eigenvalue weighted by molar-refractivity contribution is -0.259. The summed E-state index contributed by atoms with van der Waals surface area (Å²) in [6.45, 7) is 19.0. The van der Waals surface area contributed by atoms with E-state index in [2.05, 4.69) is 55.4 Å². The SMILES string of the molecule is CC1(C)CCC[C@](C)(C2CC[C@]3(C)C2[C@H](O)CC2[C@@]4(C)CC[C@H](OC(=O)CCCC(=O)O)C(C)(C)C4CC[C@]23C)O1. The van der Waals surface area contributed by atoms with Gasteiger partial charge in [0.1, 0.15) is 6.10 Å². The van der Waals surface area contributed by atoms with E-state index in [9.17, 15) is 14.7 Å². The van der Waals surface area contributed by atoms with E-state index in [1.54, 1.807) is 0 Å². The molecule has 234 valence electrons. The molecule has 4 saturated carbocycles. The average Bonchev–Trinajstić information content (AvgIpc) is 3.22. The Bertz CT molecular complexity index is 1040. The number of aliphatic hydroxyl groups excluding tert-OH is 1. The predicted molar refractivity (Wildman–Crippen MR) is 159 cm³/mol. The van der Waals surface area contributed by atoms with Gasteiger partial charge >= 0.3 is 11.9 Å². The maximum atomic E-state index is 12.7. The third-order valence-electron chi connectivity index (χ3n) is 14.1. The number of esters is 1. The van der Waals surface area contributed by atoms with Crippen LogP contribution in [-0.4, -0.2) is 45.6 Å². The standard InChI is InChI=1S/C35H58O6/c1-30(2)16-10-17-35(8,41-30)22-13-19-34(7)29(22)23(36)21-25-32(5)18-15-26(40-28(39)12-9-11-27(37)38)31(3,4)24(32)14-20-33(25,34)6/h22-26,29,36H,9-21H2,1-8H3,(H,37,38)/t22?,23-,24?,25?,26+,29?,32+,33-,34-,35-/m1/s1. The van der Waals surface area contributed by atoms with Crippen LogP contribution < -0.4 is 0 Å². The van der Waals surface area contributed by atoms with Crippen LogP contribution in [0.5, 0.6) is 0 Å². The van der Waals surface area contributed by atoms with Crippen molar-refractivity contribution in [2.45, 2.75) is 162 Å². The zero-order valence-electron chi connectivity index (χ0n) is 27.2. The summed E-state index contributed by atoms with van der Waals surface area (Å²) < 4.78 is 13.0. The van der Waals surface area contributed by atoms with Gasteiger partial charge in [-0.1, -0.05) is 34.6 Å². The Morgan fingerprint density at radius 3 is 2.17 bits per heavy atom. The lowest BCUT2D eigenvalue weighted by atomic mass is 9.35. The normalized spacial score (nSPS) is 48.4. The Balaban J connectivity index is 1.37. The largest absolute Gasteiger partial charge is 0.481 e. The molecule has 10 atom stereocenters. The second kappa shape index (κ2) is 10.2. The highest BCUT2D eigenvalue weighted by Gasteiger charge is 2.72. The number of fused-ring (bicyclic) bond motifs is 5. The van der Waals surface area contributed by atoms with E-state index in [1.165, 1.54) is 6.42 Å². The molecule has 6 heteroatoms. The average molecular weight is 575 g/mol. The Morgan fingerprint density at radius 2 is 1.51 bits per heavy atom. The topological polar surface area (TPSA) is 93.1 Å². The van der Waals surface area contributed by atoms with Crippen LogP contribution in [0.1, 0.15) is 139 Å². The van der Waals surface area contributed by atoms with Crippen molar-refractivity contribution in [2.24, 2.45) is 45.3 Å². The van der Waals surface area contributed by atoms with Crippen LogP contribution in [0.25, 0.3) is 0 Å². The van der Waals surface area contributed by atoms with Crippen molar-refractivity contribution in [3.8, 4) is 0 Å². The molecule has 5 fully saturated rings. The van der Waals surface area contributed by atoms with Crippen LogP contribution in [-0.2, 0) is 19.1 Å². The number of ether oxygens (including phenoxy) is 2. The van der Waals surface area contributed by atoms with Crippen molar-refractivity contribution < 1.29 is 29.3 Å². The number of rotatable bonds is 6. The van der Waals surface area contributed by atoms with Crippen LogP contribution in [0.4, 0.5) is 0 Å². The van der Waals surface area contributed by atoms with Crippen molar-refractivity contribution in [1.29, 1.82) is 0 Å². The lowest BCUT2D eigenvalue weighted by Crippen LogP contribution is -2.67. The van der Waals surface area contributed by atoms with Crippen LogP contribution in [0.15, 0.2) is 0 Å². The number of carbonyl (C=O) groups excluding carboxylic acids is 1. The number of hydrogen-bond donors (Lipinski definition) is 2. The first kappa shape index (κ1) is 31.3. The Morgan fingerprint density at radius 1 is 0.829 bits per heavy atom. The minimum absolute atomic E-state index is 0.00387. The highest BCUT2D eigenvalue weighted by molar-refractivity contribution is 5.71. The number of carbonyl (C=O) groups is 2. The summed E-state index contributed by atoms with van der Waals surface area (Å²) in [7, 11) is 0. The van der Waals surface area contributed by atoms with Crippen molar-refractivity contribution in [3.63, 3.8) is 0 Å². The van der Waals surface area contributed by atoms with Crippen molar-refractivity contribution in [3.05, 3.63) is 0 Å². The number of carboxylic acid groups (broad SMARTS) is 1. The molecule has 4 unspecified atom stereocenters. The molecule has 1 aliphatic heterocycles. The molecule has 0 aromatic rings. The van der Waals surface area contributed by atoms with Crippen molar-refractivity contribution in [1.82, 2.24) is 0 Å². The molecule has 1 heterocycles. The molecule has 5 rings (SSSR count). The molecule has 2 N–H and O–H groups in total. The van der Waals surface area contributed by atoms with Gasteiger partial charge in [0.2, 0.25) is 0 Å². The summed E-state index contributed by atoms with van der Waals surface area (Å²) in [6.07, 6.45) is 10.6. The van der Waals surface area contributed by atoms with Crippen molar-refractivity contribution in [2.75, 3.05) is 0 Å². The van der Waals surface area contributed by atoms with Crippen LogP contribution in [0.3, 0.4) is 0 Å². The van der Waals surface area contributed by atoms with Gasteiger partial charge in [-0.15, -0.1) is 0 Å². The fraction of sp³-hybridized carbons (Fsp3) is 0.943. The van der Waals surface area contributed by atoms with Gasteiger partial charge < -0.3 is 19.7 Å². The molecule has 0 aromatic heterocycles. The van der Waals surface area contributed by atoms with Crippen LogP contribution in [0, 0.1) is 45.3 Å². The van der Waals surface area contributed by atoms with E-state index in [-0.39, 0.29) is 69.8 Å². The third-order valence-corrected chi connectivity index (χ3v) is 14.1. The highest BCUT2D eigenvalue weighted by Crippen LogP contribution is 2.76. The predicted octanol–water partition coefficient (Wildman–Crippen LogP) is 7.55. The Kier molecular flexibility index (Phi) is 7.79. The molecule has 1 saturated heterocycles. The summed E-state index contributed by atoms with van der Waals surface area (Å²) >= 11 is 0. The van der Waals surface area contributed by atoms with E-state index in [0.29, 0.717) is 24.2 Å². The second-order valence-corrected chi connectivity index (χ2v) is 17.1. The third kappa shape index (κ3) is 4.89. The number of aliphatic hydroxyl groups is 1. The van der Waals surface area contributed by atoms with Gasteiger partial charge in [-0.05, 0) is 131 Å². The smallest absolute Gasteiger partial charge is 0.306 e. The molecule has 41 heavy (non-hydrogen) atoms. The number of carboxylic acids is 1. The quantitative estimate of drug-likeness (QED) is 0.318. The molecular formula is C35H58O6. The summed E-state index contributed by atoms with van der Waals surface area (Å²) in [4.78, 5) is 23.6. The maximum Gasteiger partial charge on any atom is 0.306 e. The molecule has 6 nitrogen and oxygen atoms in total. The fourth-order valence-corrected chi connectivity index (χ4v) is 12.1. The second-order valence-electron chi connectivity index (χ2n) is 17.1. The zero-order valence-corrected chi connectivity index (χ0v) is 27.2. The first-order valence-electron chi connectivity index (χ1n) is 16.7. The van der Waals surface area contributed by atoms with E-state index in [4.69, 9.17) is 14.6 Å². The first-order chi connectivity index (χ1) is 18.9. The molecule has 0 amide bonds. The fourth-order valence-electron chi connectivity index (χ4n) is 12.1. The Hall–Kier alpha value is -1.14. The van der Waals surface area contributed by atoms with Crippen LogP contribution in [0.2, 0.25) is 0 Å².